The molecule has 1 atom stereocenters. The van der Waals surface area contributed by atoms with Crippen LogP contribution in [0.1, 0.15) is 12.0 Å². The first-order valence-electron chi connectivity index (χ1n) is 5.92. The Bertz CT molecular complexity index is 364. The summed E-state index contributed by atoms with van der Waals surface area (Å²) >= 11 is 0. The number of ether oxygens (including phenoxy) is 2. The number of nitrogens with one attached hydrogen (secondary N) is 1. The van der Waals surface area contributed by atoms with Crippen LogP contribution in [0.15, 0.2) is 18.2 Å². The van der Waals surface area contributed by atoms with Crippen molar-refractivity contribution in [2.45, 2.75) is 13.0 Å². The van der Waals surface area contributed by atoms with E-state index in [-0.39, 0.29) is 5.82 Å². The molecule has 94 valence electrons. The predicted molar refractivity (Wildman–Crippen MR) is 63.6 cm³/mol. The van der Waals surface area contributed by atoms with Gasteiger partial charge in [0.2, 0.25) is 0 Å². The molecule has 0 amide bonds. The maximum atomic E-state index is 13.3. The van der Waals surface area contributed by atoms with Gasteiger partial charge < -0.3 is 14.8 Å². The third kappa shape index (κ3) is 3.68. The summed E-state index contributed by atoms with van der Waals surface area (Å²) < 4.78 is 24.2. The first-order chi connectivity index (χ1) is 8.28. The molecule has 0 saturated carbocycles. The number of hydrogen-bond donors (Lipinski definition) is 1. The minimum atomic E-state index is -0.254. The molecule has 4 heteroatoms. The van der Waals surface area contributed by atoms with E-state index in [0.29, 0.717) is 24.8 Å². The Hall–Kier alpha value is -1.13. The molecule has 1 aromatic rings. The normalized spacial score (nSPS) is 19.5. The molecule has 3 nitrogen and oxygen atoms in total. The van der Waals surface area contributed by atoms with Crippen LogP contribution in [0.25, 0.3) is 0 Å². The molecule has 1 aromatic carbocycles. The van der Waals surface area contributed by atoms with Gasteiger partial charge in [0.15, 0.2) is 0 Å². The Morgan fingerprint density at radius 3 is 3.06 bits per heavy atom. The van der Waals surface area contributed by atoms with Gasteiger partial charge in [0, 0.05) is 25.1 Å². The van der Waals surface area contributed by atoms with Crippen molar-refractivity contribution in [3.8, 4) is 5.75 Å². The topological polar surface area (TPSA) is 30.5 Å². The Labute approximate surface area is 101 Å². The molecule has 1 aliphatic rings. The van der Waals surface area contributed by atoms with Gasteiger partial charge in [-0.2, -0.15) is 0 Å². The van der Waals surface area contributed by atoms with Crippen molar-refractivity contribution in [3.63, 3.8) is 0 Å². The van der Waals surface area contributed by atoms with Gasteiger partial charge in [-0.15, -0.1) is 0 Å². The van der Waals surface area contributed by atoms with Crippen LogP contribution < -0.4 is 10.1 Å². The first kappa shape index (κ1) is 12.3. The first-order valence-corrected chi connectivity index (χ1v) is 5.92. The minimum absolute atomic E-state index is 0.254. The van der Waals surface area contributed by atoms with Crippen LogP contribution in [0, 0.1) is 11.7 Å². The standard InChI is InChI=1S/C13H18FNO2/c1-15-7-11-4-12(14)6-13(5-11)17-9-10-2-3-16-8-10/h4-6,10,15H,2-3,7-9H2,1H3. The SMILES string of the molecule is CNCc1cc(F)cc(OCC2CCOC2)c1. The lowest BCUT2D eigenvalue weighted by Gasteiger charge is -2.11. The second-order valence-electron chi connectivity index (χ2n) is 4.37. The fourth-order valence-electron chi connectivity index (χ4n) is 1.94. The quantitative estimate of drug-likeness (QED) is 0.852. The number of benzene rings is 1. The van der Waals surface area contributed by atoms with E-state index in [1.54, 1.807) is 0 Å². The summed E-state index contributed by atoms with van der Waals surface area (Å²) in [5, 5.41) is 2.99. The minimum Gasteiger partial charge on any atom is -0.493 e. The molecule has 1 N–H and O–H groups in total. The van der Waals surface area contributed by atoms with Crippen molar-refractivity contribution >= 4 is 0 Å². The van der Waals surface area contributed by atoms with E-state index >= 15 is 0 Å². The third-order valence-electron chi connectivity index (χ3n) is 2.82. The molecule has 0 radical (unpaired) electrons. The maximum absolute atomic E-state index is 13.3. The summed E-state index contributed by atoms with van der Waals surface area (Å²) in [5.74, 6) is 0.781. The highest BCUT2D eigenvalue weighted by molar-refractivity contribution is 5.29. The van der Waals surface area contributed by atoms with Gasteiger partial charge >= 0.3 is 0 Å². The zero-order valence-electron chi connectivity index (χ0n) is 10.0. The molecular formula is C13H18FNO2. The summed E-state index contributed by atoms with van der Waals surface area (Å²) in [6.07, 6.45) is 1.03. The molecule has 1 aliphatic heterocycles. The molecule has 17 heavy (non-hydrogen) atoms. The monoisotopic (exact) mass is 239 g/mol. The number of halogens is 1. The van der Waals surface area contributed by atoms with Gasteiger partial charge in [0.25, 0.3) is 0 Å². The summed E-state index contributed by atoms with van der Waals surface area (Å²) in [7, 11) is 1.83. The van der Waals surface area contributed by atoms with Crippen LogP contribution in [0.3, 0.4) is 0 Å². The molecule has 1 unspecified atom stereocenters. The van der Waals surface area contributed by atoms with Crippen LogP contribution in [0.5, 0.6) is 5.75 Å². The highest BCUT2D eigenvalue weighted by atomic mass is 19.1. The number of rotatable bonds is 5. The van der Waals surface area contributed by atoms with Crippen molar-refractivity contribution in [3.05, 3.63) is 29.6 Å². The van der Waals surface area contributed by atoms with Crippen LogP contribution in [0.4, 0.5) is 4.39 Å². The Kier molecular flexibility index (Phi) is 4.34. The van der Waals surface area contributed by atoms with E-state index in [9.17, 15) is 4.39 Å². The van der Waals surface area contributed by atoms with E-state index in [1.165, 1.54) is 12.1 Å². The Morgan fingerprint density at radius 2 is 2.35 bits per heavy atom. The van der Waals surface area contributed by atoms with Crippen LogP contribution in [-0.4, -0.2) is 26.9 Å². The van der Waals surface area contributed by atoms with Gasteiger partial charge in [-0.05, 0) is 31.2 Å². The van der Waals surface area contributed by atoms with E-state index in [0.717, 1.165) is 25.2 Å². The lowest BCUT2D eigenvalue weighted by atomic mass is 10.1. The second kappa shape index (κ2) is 5.98. The van der Waals surface area contributed by atoms with Crippen LogP contribution in [0.2, 0.25) is 0 Å². The average Bonchev–Trinajstić information content (AvgIpc) is 2.79. The van der Waals surface area contributed by atoms with E-state index < -0.39 is 0 Å². The van der Waals surface area contributed by atoms with Crippen LogP contribution >= 0.6 is 0 Å². The van der Waals surface area contributed by atoms with Crippen molar-refractivity contribution < 1.29 is 13.9 Å². The largest absolute Gasteiger partial charge is 0.493 e. The maximum Gasteiger partial charge on any atom is 0.127 e. The van der Waals surface area contributed by atoms with Gasteiger partial charge in [-0.1, -0.05) is 0 Å². The summed E-state index contributed by atoms with van der Waals surface area (Å²) in [6.45, 7) is 2.80. The van der Waals surface area contributed by atoms with Crippen molar-refractivity contribution in [2.24, 2.45) is 5.92 Å². The summed E-state index contributed by atoms with van der Waals surface area (Å²) in [6, 6.07) is 4.81. The zero-order chi connectivity index (χ0) is 12.1. The molecule has 0 spiro atoms. The Balaban J connectivity index is 1.94. The second-order valence-corrected chi connectivity index (χ2v) is 4.37. The lowest BCUT2D eigenvalue weighted by molar-refractivity contribution is 0.167. The molecule has 1 saturated heterocycles. The number of hydrogen-bond acceptors (Lipinski definition) is 3. The van der Waals surface area contributed by atoms with Gasteiger partial charge in [-0.3, -0.25) is 0 Å². The smallest absolute Gasteiger partial charge is 0.127 e. The predicted octanol–water partition coefficient (Wildman–Crippen LogP) is 1.96. The van der Waals surface area contributed by atoms with Crippen molar-refractivity contribution in [1.29, 1.82) is 0 Å². The molecule has 0 bridgehead atoms. The molecule has 0 aliphatic carbocycles. The molecule has 1 fully saturated rings. The fourth-order valence-corrected chi connectivity index (χ4v) is 1.94. The van der Waals surface area contributed by atoms with Gasteiger partial charge in [0.05, 0.1) is 13.2 Å². The highest BCUT2D eigenvalue weighted by Gasteiger charge is 2.16. The van der Waals surface area contributed by atoms with E-state index in [1.807, 2.05) is 13.1 Å². The summed E-state index contributed by atoms with van der Waals surface area (Å²) in [4.78, 5) is 0. The average molecular weight is 239 g/mol. The zero-order valence-corrected chi connectivity index (χ0v) is 10.0. The molecule has 2 rings (SSSR count). The Morgan fingerprint density at radius 1 is 1.47 bits per heavy atom. The highest BCUT2D eigenvalue weighted by Crippen LogP contribution is 2.19. The summed E-state index contributed by atoms with van der Waals surface area (Å²) in [5.41, 5.74) is 0.894. The third-order valence-corrected chi connectivity index (χ3v) is 2.82. The van der Waals surface area contributed by atoms with Gasteiger partial charge in [0.1, 0.15) is 11.6 Å². The van der Waals surface area contributed by atoms with Crippen molar-refractivity contribution in [1.82, 2.24) is 5.32 Å². The lowest BCUT2D eigenvalue weighted by Crippen LogP contribution is -2.12. The molecule has 1 heterocycles. The molecular weight excluding hydrogens is 221 g/mol. The van der Waals surface area contributed by atoms with E-state index in [4.69, 9.17) is 9.47 Å². The van der Waals surface area contributed by atoms with Gasteiger partial charge in [-0.25, -0.2) is 4.39 Å². The van der Waals surface area contributed by atoms with E-state index in [2.05, 4.69) is 5.32 Å². The van der Waals surface area contributed by atoms with Crippen molar-refractivity contribution in [2.75, 3.05) is 26.9 Å². The molecule has 0 aromatic heterocycles. The fraction of sp³-hybridized carbons (Fsp3) is 0.538. The van der Waals surface area contributed by atoms with Crippen LogP contribution in [-0.2, 0) is 11.3 Å².